The fourth-order valence-corrected chi connectivity index (χ4v) is 0.960. The highest BCUT2D eigenvalue weighted by Crippen LogP contribution is 2.13. The van der Waals surface area contributed by atoms with Crippen LogP contribution in [0, 0.1) is 11.3 Å². The summed E-state index contributed by atoms with van der Waals surface area (Å²) in [5.74, 6) is -0.246. The zero-order valence-corrected chi connectivity index (χ0v) is 7.53. The number of hydrogen-bond acceptors (Lipinski definition) is 3. The summed E-state index contributed by atoms with van der Waals surface area (Å²) in [7, 11) is 1.49. The van der Waals surface area contributed by atoms with Gasteiger partial charge in [-0.2, -0.15) is 5.26 Å². The first-order valence-corrected chi connectivity index (χ1v) is 3.91. The number of rotatable bonds is 3. The smallest absolute Gasteiger partial charge is 0.248 e. The van der Waals surface area contributed by atoms with Gasteiger partial charge in [-0.25, -0.2) is 4.39 Å². The Bertz CT molecular complexity index is 367. The largest absolute Gasteiger partial charge is 0.497 e. The van der Waals surface area contributed by atoms with Gasteiger partial charge in [0.25, 0.3) is 0 Å². The molecule has 1 rings (SSSR count). The van der Waals surface area contributed by atoms with Crippen molar-refractivity contribution in [1.29, 1.82) is 5.26 Å². The van der Waals surface area contributed by atoms with Crippen molar-refractivity contribution in [3.05, 3.63) is 29.8 Å². The lowest BCUT2D eigenvalue weighted by molar-refractivity contribution is 0.0918. The van der Waals surface area contributed by atoms with Gasteiger partial charge in [0, 0.05) is 5.56 Å². The molecular formula is C10H8FNO2. The molecule has 0 heterocycles. The van der Waals surface area contributed by atoms with E-state index in [4.69, 9.17) is 10.00 Å². The van der Waals surface area contributed by atoms with Crippen LogP contribution in [0.25, 0.3) is 0 Å². The van der Waals surface area contributed by atoms with Crippen LogP contribution in [0.15, 0.2) is 24.3 Å². The number of carbonyl (C=O) groups excluding carboxylic acids is 1. The maximum Gasteiger partial charge on any atom is 0.248 e. The van der Waals surface area contributed by atoms with Gasteiger partial charge < -0.3 is 4.74 Å². The molecule has 0 radical (unpaired) electrons. The summed E-state index contributed by atoms with van der Waals surface area (Å²) in [6.45, 7) is 0. The molecule has 0 spiro atoms. The predicted octanol–water partition coefficient (Wildman–Crippen LogP) is 1.74. The second kappa shape index (κ2) is 4.38. The lowest BCUT2D eigenvalue weighted by atomic mass is 10.1. The highest BCUT2D eigenvalue weighted by atomic mass is 19.1. The van der Waals surface area contributed by atoms with E-state index in [2.05, 4.69) is 0 Å². The highest BCUT2D eigenvalue weighted by molar-refractivity contribution is 6.01. The fourth-order valence-electron chi connectivity index (χ4n) is 0.960. The van der Waals surface area contributed by atoms with E-state index in [1.165, 1.54) is 37.4 Å². The molecule has 1 atom stereocenters. The van der Waals surface area contributed by atoms with Crippen LogP contribution >= 0.6 is 0 Å². The molecule has 0 aliphatic heterocycles. The van der Waals surface area contributed by atoms with Gasteiger partial charge in [-0.05, 0) is 24.3 Å². The van der Waals surface area contributed by atoms with Gasteiger partial charge in [-0.3, -0.25) is 4.79 Å². The number of ether oxygens (including phenoxy) is 1. The molecule has 0 aromatic heterocycles. The summed E-state index contributed by atoms with van der Waals surface area (Å²) in [5, 5.41) is 8.20. The zero-order valence-electron chi connectivity index (χ0n) is 7.53. The van der Waals surface area contributed by atoms with Crippen molar-refractivity contribution >= 4 is 5.78 Å². The van der Waals surface area contributed by atoms with Crippen molar-refractivity contribution in [3.8, 4) is 11.8 Å². The molecule has 0 bridgehead atoms. The van der Waals surface area contributed by atoms with Crippen molar-refractivity contribution in [1.82, 2.24) is 0 Å². The number of benzene rings is 1. The summed E-state index contributed by atoms with van der Waals surface area (Å²) < 4.78 is 17.5. The number of nitrogens with zero attached hydrogens (tertiary/aromatic N) is 1. The van der Waals surface area contributed by atoms with E-state index in [0.717, 1.165) is 0 Å². The van der Waals surface area contributed by atoms with Crippen molar-refractivity contribution in [3.63, 3.8) is 0 Å². The Balaban J connectivity index is 2.88. The van der Waals surface area contributed by atoms with E-state index < -0.39 is 12.0 Å². The van der Waals surface area contributed by atoms with Crippen LogP contribution in [0.1, 0.15) is 10.4 Å². The minimum Gasteiger partial charge on any atom is -0.497 e. The SMILES string of the molecule is COc1ccc(C(=O)[C@@H](F)C#N)cc1. The first-order chi connectivity index (χ1) is 6.69. The molecular weight excluding hydrogens is 185 g/mol. The Morgan fingerprint density at radius 1 is 1.50 bits per heavy atom. The Hall–Kier alpha value is -1.89. The molecule has 0 saturated heterocycles. The van der Waals surface area contributed by atoms with Crippen molar-refractivity contribution in [2.24, 2.45) is 0 Å². The van der Waals surface area contributed by atoms with E-state index >= 15 is 0 Å². The van der Waals surface area contributed by atoms with Gasteiger partial charge in [-0.15, -0.1) is 0 Å². The second-order valence-corrected chi connectivity index (χ2v) is 2.58. The molecule has 14 heavy (non-hydrogen) atoms. The number of alkyl halides is 1. The first kappa shape index (κ1) is 10.2. The molecule has 3 nitrogen and oxygen atoms in total. The van der Waals surface area contributed by atoms with Crippen LogP contribution < -0.4 is 4.74 Å². The third kappa shape index (κ3) is 2.07. The van der Waals surface area contributed by atoms with Crippen molar-refractivity contribution in [2.45, 2.75) is 6.17 Å². The van der Waals surface area contributed by atoms with Crippen LogP contribution in [0.2, 0.25) is 0 Å². The molecule has 0 aliphatic carbocycles. The van der Waals surface area contributed by atoms with Gasteiger partial charge in [0.1, 0.15) is 11.8 Å². The second-order valence-electron chi connectivity index (χ2n) is 2.58. The maximum absolute atomic E-state index is 12.7. The summed E-state index contributed by atoms with van der Waals surface area (Å²) in [6, 6.07) is 7.17. The van der Waals surface area contributed by atoms with Crippen LogP contribution in [-0.2, 0) is 0 Å². The predicted molar refractivity (Wildman–Crippen MR) is 47.8 cm³/mol. The van der Waals surface area contributed by atoms with E-state index in [1.807, 2.05) is 0 Å². The molecule has 0 N–H and O–H groups in total. The van der Waals surface area contributed by atoms with Crippen LogP contribution in [0.5, 0.6) is 5.75 Å². The summed E-state index contributed by atoms with van der Waals surface area (Å²) in [5.41, 5.74) is 0.167. The van der Waals surface area contributed by atoms with Gasteiger partial charge in [0.15, 0.2) is 0 Å². The molecule has 1 aromatic rings. The van der Waals surface area contributed by atoms with Crippen LogP contribution in [0.4, 0.5) is 4.39 Å². The van der Waals surface area contributed by atoms with E-state index in [1.54, 1.807) is 0 Å². The summed E-state index contributed by atoms with van der Waals surface area (Å²) in [4.78, 5) is 11.1. The fraction of sp³-hybridized carbons (Fsp3) is 0.200. The Morgan fingerprint density at radius 2 is 2.07 bits per heavy atom. The van der Waals surface area contributed by atoms with Crippen LogP contribution in [0.3, 0.4) is 0 Å². The van der Waals surface area contributed by atoms with E-state index in [9.17, 15) is 9.18 Å². The van der Waals surface area contributed by atoms with Gasteiger partial charge in [-0.1, -0.05) is 0 Å². The molecule has 0 aliphatic rings. The number of hydrogen-bond donors (Lipinski definition) is 0. The molecule has 0 unspecified atom stereocenters. The number of carbonyl (C=O) groups is 1. The Kier molecular flexibility index (Phi) is 3.19. The zero-order chi connectivity index (χ0) is 10.6. The van der Waals surface area contributed by atoms with Gasteiger partial charge in [0.2, 0.25) is 12.0 Å². The quantitative estimate of drug-likeness (QED) is 0.687. The monoisotopic (exact) mass is 193 g/mol. The van der Waals surface area contributed by atoms with E-state index in [0.29, 0.717) is 5.75 Å². The maximum atomic E-state index is 12.7. The highest BCUT2D eigenvalue weighted by Gasteiger charge is 2.17. The van der Waals surface area contributed by atoms with Crippen molar-refractivity contribution in [2.75, 3.05) is 7.11 Å². The minimum absolute atomic E-state index is 0.167. The van der Waals surface area contributed by atoms with Crippen molar-refractivity contribution < 1.29 is 13.9 Å². The number of methoxy groups -OCH3 is 1. The average Bonchev–Trinajstić information content (AvgIpc) is 2.27. The molecule has 0 saturated carbocycles. The lowest BCUT2D eigenvalue weighted by Crippen LogP contribution is -2.13. The third-order valence-electron chi connectivity index (χ3n) is 1.72. The molecule has 1 aromatic carbocycles. The number of halogens is 1. The number of nitriles is 1. The number of ketones is 1. The lowest BCUT2D eigenvalue weighted by Gasteiger charge is -2.01. The Morgan fingerprint density at radius 3 is 2.50 bits per heavy atom. The summed E-state index contributed by atoms with van der Waals surface area (Å²) in [6.07, 6.45) is -2.09. The standard InChI is InChI=1S/C10H8FNO2/c1-14-8-4-2-7(3-5-8)10(13)9(11)6-12/h2-5,9H,1H3/t9-/m0/s1. The first-order valence-electron chi connectivity index (χ1n) is 3.91. The molecule has 4 heteroatoms. The number of Topliss-reactive ketones (excluding diaryl/α,β-unsaturated/α-hetero) is 1. The van der Waals surface area contributed by atoms with Gasteiger partial charge >= 0.3 is 0 Å². The van der Waals surface area contributed by atoms with Crippen LogP contribution in [-0.4, -0.2) is 19.1 Å². The molecule has 0 amide bonds. The molecule has 72 valence electrons. The van der Waals surface area contributed by atoms with Gasteiger partial charge in [0.05, 0.1) is 7.11 Å². The summed E-state index contributed by atoms with van der Waals surface area (Å²) >= 11 is 0. The topological polar surface area (TPSA) is 50.1 Å². The van der Waals surface area contributed by atoms with E-state index in [-0.39, 0.29) is 5.56 Å². The Labute approximate surface area is 80.7 Å². The average molecular weight is 193 g/mol. The normalized spacial score (nSPS) is 11.5. The molecule has 0 fully saturated rings. The third-order valence-corrected chi connectivity index (χ3v) is 1.72. The minimum atomic E-state index is -2.09.